The lowest BCUT2D eigenvalue weighted by atomic mass is 10.2. The van der Waals surface area contributed by atoms with Crippen LogP contribution in [0.1, 0.15) is 18.4 Å². The predicted octanol–water partition coefficient (Wildman–Crippen LogP) is 2.37. The molecular formula is C19H20N4O3. The Labute approximate surface area is 151 Å². The molecule has 1 saturated heterocycles. The van der Waals surface area contributed by atoms with Crippen LogP contribution < -0.4 is 20.5 Å². The summed E-state index contributed by atoms with van der Waals surface area (Å²) in [6.45, 7) is 0.457. The molecule has 2 aromatic rings. The van der Waals surface area contributed by atoms with Gasteiger partial charge in [-0.2, -0.15) is 0 Å². The predicted molar refractivity (Wildman–Crippen MR) is 97.6 cm³/mol. The molecule has 0 radical (unpaired) electrons. The SMILES string of the molecule is N=C(C=CN)c1ccc(Oc2ccc(OC[C@@H]3CCC(=O)N3)cc2)nc1. The van der Waals surface area contributed by atoms with Crippen molar-refractivity contribution in [3.8, 4) is 17.4 Å². The van der Waals surface area contributed by atoms with E-state index in [4.69, 9.17) is 20.6 Å². The van der Waals surface area contributed by atoms with E-state index in [1.165, 1.54) is 12.3 Å². The first kappa shape index (κ1) is 17.5. The second-order valence-electron chi connectivity index (χ2n) is 5.85. The molecule has 1 aliphatic heterocycles. The molecule has 0 bridgehead atoms. The summed E-state index contributed by atoms with van der Waals surface area (Å²) in [5, 5.41) is 10.6. The first-order chi connectivity index (χ1) is 12.6. The molecule has 1 aliphatic rings. The number of hydrogen-bond acceptors (Lipinski definition) is 6. The van der Waals surface area contributed by atoms with Crippen LogP contribution in [0, 0.1) is 5.41 Å². The molecule has 7 heteroatoms. The van der Waals surface area contributed by atoms with Crippen LogP contribution in [-0.4, -0.2) is 29.3 Å². The highest BCUT2D eigenvalue weighted by molar-refractivity contribution is 6.06. The van der Waals surface area contributed by atoms with E-state index >= 15 is 0 Å². The number of nitrogens with zero attached hydrogens (tertiary/aromatic N) is 1. The number of hydrogen-bond donors (Lipinski definition) is 3. The van der Waals surface area contributed by atoms with Gasteiger partial charge in [0, 0.05) is 24.2 Å². The van der Waals surface area contributed by atoms with Gasteiger partial charge in [0.2, 0.25) is 11.8 Å². The summed E-state index contributed by atoms with van der Waals surface area (Å²) in [4.78, 5) is 15.4. The van der Waals surface area contributed by atoms with Crippen LogP contribution in [0.2, 0.25) is 0 Å². The summed E-state index contributed by atoms with van der Waals surface area (Å²) in [6.07, 6.45) is 5.74. The van der Waals surface area contributed by atoms with Crippen molar-refractivity contribution in [2.24, 2.45) is 5.73 Å². The Morgan fingerprint density at radius 3 is 2.65 bits per heavy atom. The number of allylic oxidation sites excluding steroid dienone is 1. The van der Waals surface area contributed by atoms with Crippen molar-refractivity contribution in [3.05, 3.63) is 60.4 Å². The third-order valence-corrected chi connectivity index (χ3v) is 3.89. The van der Waals surface area contributed by atoms with Gasteiger partial charge in [0.25, 0.3) is 0 Å². The molecule has 1 aromatic carbocycles. The van der Waals surface area contributed by atoms with E-state index < -0.39 is 0 Å². The smallest absolute Gasteiger partial charge is 0.220 e. The zero-order valence-corrected chi connectivity index (χ0v) is 14.1. The fourth-order valence-electron chi connectivity index (χ4n) is 2.52. The lowest BCUT2D eigenvalue weighted by Gasteiger charge is -2.12. The monoisotopic (exact) mass is 352 g/mol. The third kappa shape index (κ3) is 4.60. The minimum Gasteiger partial charge on any atom is -0.491 e. The average Bonchev–Trinajstić information content (AvgIpc) is 3.07. The summed E-state index contributed by atoms with van der Waals surface area (Å²) >= 11 is 0. The molecule has 2 heterocycles. The molecule has 1 fully saturated rings. The zero-order valence-electron chi connectivity index (χ0n) is 14.1. The Morgan fingerprint density at radius 2 is 2.04 bits per heavy atom. The van der Waals surface area contributed by atoms with Gasteiger partial charge in [-0.1, -0.05) is 0 Å². The molecule has 4 N–H and O–H groups in total. The second-order valence-corrected chi connectivity index (χ2v) is 5.85. The topological polar surface area (TPSA) is 110 Å². The Morgan fingerprint density at radius 1 is 1.27 bits per heavy atom. The van der Waals surface area contributed by atoms with Gasteiger partial charge in [-0.15, -0.1) is 0 Å². The van der Waals surface area contributed by atoms with Crippen LogP contribution in [0.15, 0.2) is 54.9 Å². The molecular weight excluding hydrogens is 332 g/mol. The first-order valence-corrected chi connectivity index (χ1v) is 8.27. The number of pyridine rings is 1. The Hall–Kier alpha value is -3.35. The minimum atomic E-state index is 0.0778. The van der Waals surface area contributed by atoms with Crippen molar-refractivity contribution in [3.63, 3.8) is 0 Å². The van der Waals surface area contributed by atoms with Gasteiger partial charge in [-0.05, 0) is 49.0 Å². The maximum atomic E-state index is 11.2. The van der Waals surface area contributed by atoms with Gasteiger partial charge >= 0.3 is 0 Å². The zero-order chi connectivity index (χ0) is 18.4. The highest BCUT2D eigenvalue weighted by atomic mass is 16.5. The number of carbonyl (C=O) groups excluding carboxylic acids is 1. The van der Waals surface area contributed by atoms with Gasteiger partial charge in [0.05, 0.1) is 11.8 Å². The van der Waals surface area contributed by atoms with Gasteiger partial charge in [-0.25, -0.2) is 4.98 Å². The maximum Gasteiger partial charge on any atom is 0.220 e. The van der Waals surface area contributed by atoms with Crippen LogP contribution >= 0.6 is 0 Å². The van der Waals surface area contributed by atoms with Crippen molar-refractivity contribution in [1.29, 1.82) is 5.41 Å². The number of nitrogens with two attached hydrogens (primary N) is 1. The molecule has 1 aromatic heterocycles. The molecule has 3 rings (SSSR count). The maximum absolute atomic E-state index is 11.2. The van der Waals surface area contributed by atoms with Gasteiger partial charge in [0.15, 0.2) is 0 Å². The van der Waals surface area contributed by atoms with Crippen molar-refractivity contribution >= 4 is 11.6 Å². The van der Waals surface area contributed by atoms with Crippen molar-refractivity contribution in [2.75, 3.05) is 6.61 Å². The van der Waals surface area contributed by atoms with Crippen LogP contribution in [-0.2, 0) is 4.79 Å². The van der Waals surface area contributed by atoms with Gasteiger partial charge in [0.1, 0.15) is 18.1 Å². The van der Waals surface area contributed by atoms with E-state index in [1.807, 2.05) is 12.1 Å². The van der Waals surface area contributed by atoms with Gasteiger partial charge in [-0.3, -0.25) is 4.79 Å². The highest BCUT2D eigenvalue weighted by Crippen LogP contribution is 2.23. The Balaban J connectivity index is 1.53. The fraction of sp³-hybridized carbons (Fsp3) is 0.211. The molecule has 7 nitrogen and oxygen atoms in total. The van der Waals surface area contributed by atoms with E-state index in [-0.39, 0.29) is 17.7 Å². The van der Waals surface area contributed by atoms with Crippen molar-refractivity contribution in [1.82, 2.24) is 10.3 Å². The van der Waals surface area contributed by atoms with E-state index in [9.17, 15) is 4.79 Å². The second kappa shape index (κ2) is 8.15. The van der Waals surface area contributed by atoms with Crippen LogP contribution in [0.3, 0.4) is 0 Å². The number of amides is 1. The number of nitrogens with one attached hydrogen (secondary N) is 2. The van der Waals surface area contributed by atoms with E-state index in [2.05, 4.69) is 10.3 Å². The highest BCUT2D eigenvalue weighted by Gasteiger charge is 2.20. The number of aromatic nitrogens is 1. The Kier molecular flexibility index (Phi) is 5.48. The fourth-order valence-corrected chi connectivity index (χ4v) is 2.52. The van der Waals surface area contributed by atoms with E-state index in [0.717, 1.165) is 6.42 Å². The van der Waals surface area contributed by atoms with Crippen LogP contribution in [0.4, 0.5) is 0 Å². The van der Waals surface area contributed by atoms with Crippen LogP contribution in [0.5, 0.6) is 17.4 Å². The lowest BCUT2D eigenvalue weighted by Crippen LogP contribution is -2.30. The molecule has 0 aliphatic carbocycles. The lowest BCUT2D eigenvalue weighted by molar-refractivity contribution is -0.119. The van der Waals surface area contributed by atoms with E-state index in [1.54, 1.807) is 30.5 Å². The van der Waals surface area contributed by atoms with Crippen molar-refractivity contribution in [2.45, 2.75) is 18.9 Å². The molecule has 1 atom stereocenters. The van der Waals surface area contributed by atoms with E-state index in [0.29, 0.717) is 36.0 Å². The summed E-state index contributed by atoms with van der Waals surface area (Å²) < 4.78 is 11.4. The van der Waals surface area contributed by atoms with Gasteiger partial charge < -0.3 is 25.9 Å². The quantitative estimate of drug-likeness (QED) is 0.663. The standard InChI is InChI=1S/C19H20N4O3/c20-10-9-17(21)13-1-8-19(22-11-13)26-16-5-3-15(4-6-16)25-12-14-2-7-18(24)23-14/h1,3-6,8-11,14,21H,2,7,12,20H2,(H,23,24)/t14-/m0/s1. The molecule has 0 spiro atoms. The summed E-state index contributed by atoms with van der Waals surface area (Å²) in [7, 11) is 0. The Bertz CT molecular complexity index is 801. The number of benzene rings is 1. The minimum absolute atomic E-state index is 0.0778. The largest absolute Gasteiger partial charge is 0.491 e. The average molecular weight is 352 g/mol. The summed E-state index contributed by atoms with van der Waals surface area (Å²) in [5.74, 6) is 1.85. The van der Waals surface area contributed by atoms with Crippen LogP contribution in [0.25, 0.3) is 0 Å². The normalized spacial score (nSPS) is 16.5. The number of carbonyl (C=O) groups is 1. The number of ether oxygens (including phenoxy) is 2. The summed E-state index contributed by atoms with van der Waals surface area (Å²) in [5.41, 5.74) is 6.22. The van der Waals surface area contributed by atoms with Crippen molar-refractivity contribution < 1.29 is 14.3 Å². The molecule has 0 unspecified atom stereocenters. The third-order valence-electron chi connectivity index (χ3n) is 3.89. The molecule has 0 saturated carbocycles. The number of rotatable bonds is 7. The molecule has 26 heavy (non-hydrogen) atoms. The molecule has 1 amide bonds. The summed E-state index contributed by atoms with van der Waals surface area (Å²) in [6, 6.07) is 10.7. The first-order valence-electron chi connectivity index (χ1n) is 8.27. The molecule has 134 valence electrons.